The number of benzene rings is 2. The van der Waals surface area contributed by atoms with Crippen LogP contribution in [0.15, 0.2) is 36.4 Å². The van der Waals surface area contributed by atoms with Crippen molar-refractivity contribution >= 4 is 23.2 Å². The predicted octanol–water partition coefficient (Wildman–Crippen LogP) is 3.82. The Morgan fingerprint density at radius 3 is 2.93 bits per heavy atom. The molecular formula is C21H23ClN2O4. The minimum Gasteiger partial charge on any atom is -0.484 e. The van der Waals surface area contributed by atoms with Crippen molar-refractivity contribution in [1.29, 1.82) is 0 Å². The lowest BCUT2D eigenvalue weighted by atomic mass is 10.1. The van der Waals surface area contributed by atoms with E-state index in [-0.39, 0.29) is 19.3 Å². The zero-order valence-corrected chi connectivity index (χ0v) is 16.3. The molecule has 2 aliphatic heterocycles. The molecule has 2 aromatic rings. The van der Waals surface area contributed by atoms with Crippen LogP contribution in [0.1, 0.15) is 24.0 Å². The zero-order valence-electron chi connectivity index (χ0n) is 15.6. The normalized spacial score (nSPS) is 15.7. The molecule has 0 saturated carbocycles. The number of nitrogens with zero attached hydrogens (tertiary/aromatic N) is 1. The second-order valence-corrected chi connectivity index (χ2v) is 7.36. The minimum absolute atomic E-state index is 0.0424. The molecule has 2 aromatic carbocycles. The molecule has 0 bridgehead atoms. The number of carbonyl (C=O) groups is 1. The molecule has 0 radical (unpaired) electrons. The summed E-state index contributed by atoms with van der Waals surface area (Å²) in [5.41, 5.74) is 2.82. The second-order valence-electron chi connectivity index (χ2n) is 6.92. The highest BCUT2D eigenvalue weighted by Gasteiger charge is 2.18. The Kier molecular flexibility index (Phi) is 5.88. The van der Waals surface area contributed by atoms with E-state index in [1.165, 1.54) is 0 Å². The fraction of sp³-hybridized carbons (Fsp3) is 0.381. The maximum atomic E-state index is 12.1. The van der Waals surface area contributed by atoms with E-state index in [0.717, 1.165) is 48.5 Å². The number of carbonyl (C=O) groups excluding carboxylic acids is 1. The van der Waals surface area contributed by atoms with E-state index in [4.69, 9.17) is 25.8 Å². The van der Waals surface area contributed by atoms with Crippen molar-refractivity contribution < 1.29 is 19.0 Å². The first-order chi connectivity index (χ1) is 13.7. The topological polar surface area (TPSA) is 60.0 Å². The number of nitrogens with one attached hydrogen (secondary N) is 1. The molecule has 0 aromatic heterocycles. The Morgan fingerprint density at radius 1 is 1.21 bits per heavy atom. The van der Waals surface area contributed by atoms with Crippen LogP contribution in [0.25, 0.3) is 0 Å². The van der Waals surface area contributed by atoms with Crippen molar-refractivity contribution in [1.82, 2.24) is 4.90 Å². The van der Waals surface area contributed by atoms with Gasteiger partial charge < -0.3 is 24.4 Å². The van der Waals surface area contributed by atoms with Gasteiger partial charge in [-0.05, 0) is 37.1 Å². The number of likely N-dealkylation sites (tertiary alicyclic amines) is 1. The third kappa shape index (κ3) is 4.51. The van der Waals surface area contributed by atoms with Crippen molar-refractivity contribution in [3.05, 3.63) is 52.5 Å². The molecular weight excluding hydrogens is 380 g/mol. The molecule has 0 atom stereocenters. The lowest BCUT2D eigenvalue weighted by Gasteiger charge is -2.21. The highest BCUT2D eigenvalue weighted by Crippen LogP contribution is 2.32. The molecule has 6 nitrogen and oxygen atoms in total. The van der Waals surface area contributed by atoms with Crippen LogP contribution in [0.5, 0.6) is 11.5 Å². The Balaban J connectivity index is 1.37. The molecule has 0 aliphatic carbocycles. The van der Waals surface area contributed by atoms with Crippen LogP contribution >= 0.6 is 11.6 Å². The third-order valence-corrected chi connectivity index (χ3v) is 5.11. The van der Waals surface area contributed by atoms with E-state index in [9.17, 15) is 4.79 Å². The molecule has 2 heterocycles. The highest BCUT2D eigenvalue weighted by molar-refractivity contribution is 6.30. The van der Waals surface area contributed by atoms with Crippen molar-refractivity contribution in [2.75, 3.05) is 31.8 Å². The number of hydrogen-bond acceptors (Lipinski definition) is 5. The Labute approximate surface area is 169 Å². The number of hydrogen-bond donors (Lipinski definition) is 1. The van der Waals surface area contributed by atoms with Gasteiger partial charge in [0.2, 0.25) is 0 Å². The monoisotopic (exact) mass is 402 g/mol. The molecule has 1 saturated heterocycles. The molecule has 4 rings (SSSR count). The van der Waals surface area contributed by atoms with E-state index < -0.39 is 0 Å². The zero-order chi connectivity index (χ0) is 19.3. The molecule has 0 unspecified atom stereocenters. The highest BCUT2D eigenvalue weighted by atomic mass is 35.5. The number of ether oxygens (including phenoxy) is 3. The standard InChI is InChI=1S/C21H23ClN2O4/c22-17-8-15(21-16(9-17)12-26-14-28-21)11-23-18-4-3-5-19(10-18)27-13-20(25)24-6-1-2-7-24/h3-5,8-10,23H,1-2,6-7,11-14H2. The number of rotatable bonds is 6. The largest absolute Gasteiger partial charge is 0.484 e. The molecule has 1 amide bonds. The number of amides is 1. The van der Waals surface area contributed by atoms with Crippen molar-refractivity contribution in [2.45, 2.75) is 26.0 Å². The van der Waals surface area contributed by atoms with E-state index >= 15 is 0 Å². The predicted molar refractivity (Wildman–Crippen MR) is 107 cm³/mol. The van der Waals surface area contributed by atoms with Gasteiger partial charge in [-0.15, -0.1) is 0 Å². The quantitative estimate of drug-likeness (QED) is 0.795. The molecule has 1 fully saturated rings. The van der Waals surface area contributed by atoms with Gasteiger partial charge in [0.05, 0.1) is 6.61 Å². The van der Waals surface area contributed by atoms with Crippen LogP contribution < -0.4 is 14.8 Å². The van der Waals surface area contributed by atoms with Gasteiger partial charge in [0.25, 0.3) is 5.91 Å². The van der Waals surface area contributed by atoms with E-state index in [1.54, 1.807) is 0 Å². The maximum Gasteiger partial charge on any atom is 0.260 e. The van der Waals surface area contributed by atoms with Crippen molar-refractivity contribution in [3.8, 4) is 11.5 Å². The SMILES string of the molecule is O=C(COc1cccc(NCc2cc(Cl)cc3c2OCOC3)c1)N1CCCC1. The Morgan fingerprint density at radius 2 is 2.07 bits per heavy atom. The molecule has 28 heavy (non-hydrogen) atoms. The fourth-order valence-electron chi connectivity index (χ4n) is 3.48. The van der Waals surface area contributed by atoms with Crippen LogP contribution in [-0.2, 0) is 22.7 Å². The number of halogens is 1. The summed E-state index contributed by atoms with van der Waals surface area (Å²) in [4.78, 5) is 14.0. The van der Waals surface area contributed by atoms with Gasteiger partial charge in [-0.1, -0.05) is 17.7 Å². The summed E-state index contributed by atoms with van der Waals surface area (Å²) in [6.45, 7) is 3.03. The number of anilines is 1. The maximum absolute atomic E-state index is 12.1. The Hall–Kier alpha value is -2.44. The summed E-state index contributed by atoms with van der Waals surface area (Å²) in [7, 11) is 0. The van der Waals surface area contributed by atoms with Gasteiger partial charge in [0.15, 0.2) is 13.4 Å². The lowest BCUT2D eigenvalue weighted by molar-refractivity contribution is -0.132. The summed E-state index contributed by atoms with van der Waals surface area (Å²) in [5, 5.41) is 4.02. The van der Waals surface area contributed by atoms with Crippen LogP contribution in [0, 0.1) is 0 Å². The van der Waals surface area contributed by atoms with Crippen molar-refractivity contribution in [3.63, 3.8) is 0 Å². The van der Waals surface area contributed by atoms with E-state index in [0.29, 0.717) is 23.9 Å². The average molecular weight is 403 g/mol. The van der Waals surface area contributed by atoms with Gasteiger partial charge in [0.1, 0.15) is 11.5 Å². The van der Waals surface area contributed by atoms with Gasteiger partial charge in [-0.25, -0.2) is 0 Å². The van der Waals surface area contributed by atoms with Gasteiger partial charge in [0, 0.05) is 47.5 Å². The summed E-state index contributed by atoms with van der Waals surface area (Å²) >= 11 is 6.22. The first-order valence-electron chi connectivity index (χ1n) is 9.45. The summed E-state index contributed by atoms with van der Waals surface area (Å²) < 4.78 is 16.7. The molecule has 7 heteroatoms. The Bertz CT molecular complexity index is 852. The average Bonchev–Trinajstić information content (AvgIpc) is 3.25. The van der Waals surface area contributed by atoms with Crippen LogP contribution in [-0.4, -0.2) is 37.3 Å². The summed E-state index contributed by atoms with van der Waals surface area (Å²) in [6, 6.07) is 11.4. The van der Waals surface area contributed by atoms with Crippen LogP contribution in [0.4, 0.5) is 5.69 Å². The van der Waals surface area contributed by atoms with Crippen LogP contribution in [0.2, 0.25) is 5.02 Å². The molecule has 0 spiro atoms. The summed E-state index contributed by atoms with van der Waals surface area (Å²) in [6.07, 6.45) is 2.16. The second kappa shape index (κ2) is 8.71. The van der Waals surface area contributed by atoms with Gasteiger partial charge in [-0.2, -0.15) is 0 Å². The fourth-order valence-corrected chi connectivity index (χ4v) is 3.75. The third-order valence-electron chi connectivity index (χ3n) is 4.89. The molecule has 1 N–H and O–H groups in total. The summed E-state index contributed by atoms with van der Waals surface area (Å²) in [5.74, 6) is 1.53. The van der Waals surface area contributed by atoms with Gasteiger partial charge in [-0.3, -0.25) is 4.79 Å². The first-order valence-corrected chi connectivity index (χ1v) is 9.83. The van der Waals surface area contributed by atoms with E-state index in [2.05, 4.69) is 5.32 Å². The number of fused-ring (bicyclic) bond motifs is 1. The molecule has 148 valence electrons. The first kappa shape index (κ1) is 18.9. The van der Waals surface area contributed by atoms with Crippen LogP contribution in [0.3, 0.4) is 0 Å². The van der Waals surface area contributed by atoms with Gasteiger partial charge >= 0.3 is 0 Å². The van der Waals surface area contributed by atoms with Crippen molar-refractivity contribution in [2.24, 2.45) is 0 Å². The lowest BCUT2D eigenvalue weighted by Crippen LogP contribution is -2.32. The minimum atomic E-state index is 0.0424. The molecule has 2 aliphatic rings. The smallest absolute Gasteiger partial charge is 0.260 e. The van der Waals surface area contributed by atoms with E-state index in [1.807, 2.05) is 41.3 Å².